The van der Waals surface area contributed by atoms with Gasteiger partial charge in [-0.3, -0.25) is 9.59 Å². The van der Waals surface area contributed by atoms with E-state index in [0.29, 0.717) is 16.9 Å². The Morgan fingerprint density at radius 1 is 0.871 bits per heavy atom. The van der Waals surface area contributed by atoms with Crippen LogP contribution in [0.25, 0.3) is 5.69 Å². The van der Waals surface area contributed by atoms with Gasteiger partial charge in [0.05, 0.1) is 36.2 Å². The van der Waals surface area contributed by atoms with Gasteiger partial charge in [-0.25, -0.2) is 4.68 Å². The normalized spacial score (nSPS) is 11.5. The Morgan fingerprint density at radius 2 is 1.55 bits per heavy atom. The van der Waals surface area contributed by atoms with E-state index in [2.05, 4.69) is 20.9 Å². The van der Waals surface area contributed by atoms with Gasteiger partial charge in [0.1, 0.15) is 0 Å². The van der Waals surface area contributed by atoms with E-state index < -0.39 is 6.04 Å². The molecule has 31 heavy (non-hydrogen) atoms. The molecule has 2 amide bonds. The summed E-state index contributed by atoms with van der Waals surface area (Å²) in [5, 5.41) is 13.7. The lowest BCUT2D eigenvalue weighted by Gasteiger charge is -2.20. The molecule has 0 bridgehead atoms. The van der Waals surface area contributed by atoms with Gasteiger partial charge in [0.15, 0.2) is 0 Å². The van der Waals surface area contributed by atoms with Crippen LogP contribution in [-0.4, -0.2) is 26.8 Å². The molecule has 2 N–H and O–H groups in total. The van der Waals surface area contributed by atoms with Crippen molar-refractivity contribution in [2.75, 3.05) is 5.32 Å². The summed E-state index contributed by atoms with van der Waals surface area (Å²) < 4.78 is 1.58. The van der Waals surface area contributed by atoms with E-state index in [0.717, 1.165) is 5.56 Å². The summed E-state index contributed by atoms with van der Waals surface area (Å²) in [4.78, 5) is 25.6. The highest BCUT2D eigenvalue weighted by Gasteiger charge is 2.20. The highest BCUT2D eigenvalue weighted by Crippen LogP contribution is 2.22. The molecule has 0 saturated carbocycles. The highest BCUT2D eigenvalue weighted by atomic mass is 16.2. The fourth-order valence-corrected chi connectivity index (χ4v) is 3.27. The van der Waals surface area contributed by atoms with Gasteiger partial charge in [0, 0.05) is 5.56 Å². The van der Waals surface area contributed by atoms with Crippen LogP contribution >= 0.6 is 0 Å². The van der Waals surface area contributed by atoms with E-state index in [1.807, 2.05) is 54.6 Å². The highest BCUT2D eigenvalue weighted by molar-refractivity contribution is 5.96. The number of hydrogen-bond acceptors (Lipinski definition) is 4. The molecule has 1 atom stereocenters. The van der Waals surface area contributed by atoms with Crippen molar-refractivity contribution in [1.29, 1.82) is 0 Å². The average Bonchev–Trinajstić information content (AvgIpc) is 3.35. The molecule has 4 rings (SSSR count). The fourth-order valence-electron chi connectivity index (χ4n) is 3.27. The lowest BCUT2D eigenvalue weighted by atomic mass is 10.0. The average molecular weight is 411 g/mol. The summed E-state index contributed by atoms with van der Waals surface area (Å²) in [5.41, 5.74) is 2.71. The topological polar surface area (TPSA) is 88.9 Å². The summed E-state index contributed by atoms with van der Waals surface area (Å²) in [5.74, 6) is -0.458. The largest absolute Gasteiger partial charge is 0.345 e. The molecule has 0 spiro atoms. The monoisotopic (exact) mass is 411 g/mol. The lowest BCUT2D eigenvalue weighted by molar-refractivity contribution is -0.116. The van der Waals surface area contributed by atoms with E-state index in [-0.39, 0.29) is 18.2 Å². The third kappa shape index (κ3) is 5.02. The molecule has 1 aromatic heterocycles. The first-order valence-electron chi connectivity index (χ1n) is 9.87. The van der Waals surface area contributed by atoms with E-state index in [9.17, 15) is 9.59 Å². The molecular weight excluding hydrogens is 390 g/mol. The Morgan fingerprint density at radius 3 is 2.26 bits per heavy atom. The molecule has 1 heterocycles. The van der Waals surface area contributed by atoms with Gasteiger partial charge >= 0.3 is 0 Å². The molecule has 1 unspecified atom stereocenters. The second kappa shape index (κ2) is 9.49. The maximum Gasteiger partial charge on any atom is 0.251 e. The third-order valence-electron chi connectivity index (χ3n) is 4.78. The number of carbonyl (C=O) groups excluding carboxylic acids is 2. The van der Waals surface area contributed by atoms with Crippen molar-refractivity contribution in [3.63, 3.8) is 0 Å². The standard InChI is InChI=1S/C24H21N5O2/c30-23(26-20-13-7-8-14-22(20)29-16-15-25-28-29)17-21(18-9-3-1-4-10-18)27-24(31)19-11-5-2-6-12-19/h1-16,21H,17H2,(H,26,30)(H,27,31). The molecule has 0 fully saturated rings. The van der Waals surface area contributed by atoms with Crippen molar-refractivity contribution in [2.24, 2.45) is 0 Å². The number of aromatic nitrogens is 3. The predicted octanol–water partition coefficient (Wildman–Crippen LogP) is 3.77. The predicted molar refractivity (Wildman–Crippen MR) is 118 cm³/mol. The van der Waals surface area contributed by atoms with Crippen LogP contribution in [0.15, 0.2) is 97.3 Å². The van der Waals surface area contributed by atoms with Crippen LogP contribution in [0, 0.1) is 0 Å². The summed E-state index contributed by atoms with van der Waals surface area (Å²) >= 11 is 0. The number of rotatable bonds is 7. The van der Waals surface area contributed by atoms with Crippen LogP contribution in [0.3, 0.4) is 0 Å². The Bertz CT molecular complexity index is 1150. The number of para-hydroxylation sites is 2. The SMILES string of the molecule is O=C(CC(NC(=O)c1ccccc1)c1ccccc1)Nc1ccccc1-n1ccnn1. The molecule has 7 heteroatoms. The molecule has 0 aliphatic rings. The smallest absolute Gasteiger partial charge is 0.251 e. The van der Waals surface area contributed by atoms with Crippen LogP contribution in [0.4, 0.5) is 5.69 Å². The number of nitrogens with zero attached hydrogens (tertiary/aromatic N) is 3. The first-order valence-corrected chi connectivity index (χ1v) is 9.87. The number of hydrogen-bond donors (Lipinski definition) is 2. The van der Waals surface area contributed by atoms with Gasteiger partial charge in [-0.1, -0.05) is 65.9 Å². The molecule has 4 aromatic rings. The maximum absolute atomic E-state index is 12.9. The lowest BCUT2D eigenvalue weighted by Crippen LogP contribution is -2.31. The van der Waals surface area contributed by atoms with Gasteiger partial charge < -0.3 is 10.6 Å². The van der Waals surface area contributed by atoms with Crippen molar-refractivity contribution in [3.05, 3.63) is 108 Å². The van der Waals surface area contributed by atoms with Crippen LogP contribution in [0.5, 0.6) is 0 Å². The Kier molecular flexibility index (Phi) is 6.13. The van der Waals surface area contributed by atoms with Crippen molar-refractivity contribution in [3.8, 4) is 5.69 Å². The summed E-state index contributed by atoms with van der Waals surface area (Å²) in [7, 11) is 0. The Labute approximate surface area is 179 Å². The van der Waals surface area contributed by atoms with Gasteiger partial charge in [-0.05, 0) is 29.8 Å². The van der Waals surface area contributed by atoms with E-state index >= 15 is 0 Å². The zero-order valence-electron chi connectivity index (χ0n) is 16.7. The third-order valence-corrected chi connectivity index (χ3v) is 4.78. The number of amides is 2. The second-order valence-corrected chi connectivity index (χ2v) is 6.92. The summed E-state index contributed by atoms with van der Waals surface area (Å²) in [6, 6.07) is 25.3. The molecule has 0 aliphatic carbocycles. The Balaban J connectivity index is 1.52. The van der Waals surface area contributed by atoms with Gasteiger partial charge in [-0.2, -0.15) is 0 Å². The minimum absolute atomic E-state index is 0.0777. The van der Waals surface area contributed by atoms with Gasteiger partial charge in [-0.15, -0.1) is 5.10 Å². The fraction of sp³-hybridized carbons (Fsp3) is 0.0833. The van der Waals surface area contributed by atoms with Crippen LogP contribution in [-0.2, 0) is 4.79 Å². The quantitative estimate of drug-likeness (QED) is 0.485. The van der Waals surface area contributed by atoms with E-state index in [1.54, 1.807) is 47.4 Å². The zero-order chi connectivity index (χ0) is 21.5. The van der Waals surface area contributed by atoms with Crippen LogP contribution in [0.2, 0.25) is 0 Å². The molecule has 3 aromatic carbocycles. The number of carbonyl (C=O) groups is 2. The maximum atomic E-state index is 12.9. The van der Waals surface area contributed by atoms with Gasteiger partial charge in [0.2, 0.25) is 5.91 Å². The van der Waals surface area contributed by atoms with Crippen molar-refractivity contribution in [1.82, 2.24) is 20.3 Å². The minimum Gasteiger partial charge on any atom is -0.345 e. The first-order chi connectivity index (χ1) is 15.2. The number of anilines is 1. The Hall–Kier alpha value is -4.26. The molecular formula is C24H21N5O2. The van der Waals surface area contributed by atoms with Crippen molar-refractivity contribution in [2.45, 2.75) is 12.5 Å². The van der Waals surface area contributed by atoms with E-state index in [1.165, 1.54) is 0 Å². The van der Waals surface area contributed by atoms with Crippen molar-refractivity contribution >= 4 is 17.5 Å². The zero-order valence-corrected chi connectivity index (χ0v) is 16.7. The summed E-state index contributed by atoms with van der Waals surface area (Å²) in [6.07, 6.45) is 3.36. The first kappa shape index (κ1) is 20.0. The number of nitrogens with one attached hydrogen (secondary N) is 2. The van der Waals surface area contributed by atoms with Gasteiger partial charge in [0.25, 0.3) is 5.91 Å². The molecule has 0 radical (unpaired) electrons. The van der Waals surface area contributed by atoms with Crippen molar-refractivity contribution < 1.29 is 9.59 Å². The van der Waals surface area contributed by atoms with Crippen LogP contribution < -0.4 is 10.6 Å². The van der Waals surface area contributed by atoms with E-state index in [4.69, 9.17) is 0 Å². The minimum atomic E-state index is -0.479. The molecule has 154 valence electrons. The molecule has 7 nitrogen and oxygen atoms in total. The second-order valence-electron chi connectivity index (χ2n) is 6.92. The van der Waals surface area contributed by atoms with Crippen LogP contribution in [0.1, 0.15) is 28.4 Å². The molecule has 0 aliphatic heterocycles. The summed E-state index contributed by atoms with van der Waals surface area (Å²) in [6.45, 7) is 0. The number of benzene rings is 3. The molecule has 0 saturated heterocycles.